The first-order valence-corrected chi connectivity index (χ1v) is 11.3. The summed E-state index contributed by atoms with van der Waals surface area (Å²) in [5, 5.41) is 0.760. The molecule has 0 saturated carbocycles. The highest BCUT2D eigenvalue weighted by Gasteiger charge is 2.30. The first-order valence-electron chi connectivity index (χ1n) is 11.3. The van der Waals surface area contributed by atoms with Crippen molar-refractivity contribution in [3.8, 4) is 0 Å². The van der Waals surface area contributed by atoms with Crippen LogP contribution >= 0.6 is 0 Å². The first-order chi connectivity index (χ1) is 15.6. The Morgan fingerprint density at radius 2 is 1.91 bits per heavy atom. The monoisotopic (exact) mass is 430 g/mol. The summed E-state index contributed by atoms with van der Waals surface area (Å²) in [4.78, 5) is 32.8. The van der Waals surface area contributed by atoms with E-state index in [0.29, 0.717) is 5.56 Å². The van der Waals surface area contributed by atoms with E-state index >= 15 is 0 Å². The summed E-state index contributed by atoms with van der Waals surface area (Å²) in [5.41, 5.74) is 4.01. The van der Waals surface area contributed by atoms with Gasteiger partial charge in [-0.15, -0.1) is 0 Å². The maximum absolute atomic E-state index is 13.4. The van der Waals surface area contributed by atoms with Gasteiger partial charge in [-0.05, 0) is 74.4 Å². The Labute approximate surface area is 186 Å². The van der Waals surface area contributed by atoms with Gasteiger partial charge in [-0.25, -0.2) is 9.78 Å². The number of nitrogens with zero attached hydrogens (tertiary/aromatic N) is 2. The van der Waals surface area contributed by atoms with Crippen molar-refractivity contribution in [3.05, 3.63) is 65.2 Å². The van der Waals surface area contributed by atoms with Crippen molar-refractivity contribution in [2.45, 2.75) is 45.1 Å². The topological polar surface area (TPSA) is 72.6 Å². The van der Waals surface area contributed by atoms with Crippen molar-refractivity contribution >= 4 is 34.4 Å². The number of benzene rings is 1. The fourth-order valence-electron chi connectivity index (χ4n) is 4.72. The lowest BCUT2D eigenvalue weighted by Crippen LogP contribution is -2.38. The standard InChI is InChI=1S/C26H26N2O4/c1-17(25(29)28-13-4-5-14-28)32-26(30)23-20-10-2-3-12-22(20)27-24-18(8-6-11-21(23)24)16-19-9-7-15-31-19/h2-3,7,9-10,12,15-17H,4-6,8,11,13-14H2,1H3/b18-16-. The average molecular weight is 431 g/mol. The molecule has 5 rings (SSSR count). The molecule has 6 heteroatoms. The lowest BCUT2D eigenvalue weighted by atomic mass is 9.86. The Hall–Kier alpha value is -3.41. The van der Waals surface area contributed by atoms with E-state index in [-0.39, 0.29) is 5.91 Å². The van der Waals surface area contributed by atoms with E-state index < -0.39 is 12.1 Å². The molecule has 32 heavy (non-hydrogen) atoms. The molecule has 0 radical (unpaired) electrons. The summed E-state index contributed by atoms with van der Waals surface area (Å²) >= 11 is 0. The number of carbonyl (C=O) groups is 2. The van der Waals surface area contributed by atoms with Crippen LogP contribution in [-0.2, 0) is 16.0 Å². The number of allylic oxidation sites excluding steroid dienone is 1. The Bertz CT molecular complexity index is 1190. The molecule has 1 unspecified atom stereocenters. The molecule has 2 aromatic heterocycles. The molecule has 1 aromatic carbocycles. The number of hydrogen-bond acceptors (Lipinski definition) is 5. The maximum atomic E-state index is 13.4. The molecule has 164 valence electrons. The predicted octanol–water partition coefficient (Wildman–Crippen LogP) is 4.87. The van der Waals surface area contributed by atoms with Crippen LogP contribution in [-0.4, -0.2) is 41.0 Å². The Morgan fingerprint density at radius 3 is 2.69 bits per heavy atom. The second-order valence-corrected chi connectivity index (χ2v) is 8.45. The molecule has 2 aliphatic rings. The average Bonchev–Trinajstić information content (AvgIpc) is 3.52. The number of hydrogen-bond donors (Lipinski definition) is 0. The highest BCUT2D eigenvalue weighted by molar-refractivity contribution is 6.07. The molecule has 1 atom stereocenters. The lowest BCUT2D eigenvalue weighted by molar-refractivity contribution is -0.138. The molecule has 0 N–H and O–H groups in total. The van der Waals surface area contributed by atoms with Crippen LogP contribution in [0.15, 0.2) is 47.1 Å². The predicted molar refractivity (Wildman–Crippen MR) is 122 cm³/mol. The van der Waals surface area contributed by atoms with Crippen LogP contribution in [0.3, 0.4) is 0 Å². The number of furan rings is 1. The zero-order chi connectivity index (χ0) is 22.1. The van der Waals surface area contributed by atoms with E-state index in [2.05, 4.69) is 0 Å². The number of fused-ring (bicyclic) bond motifs is 2. The fourth-order valence-corrected chi connectivity index (χ4v) is 4.72. The zero-order valence-corrected chi connectivity index (χ0v) is 18.2. The number of para-hydroxylation sites is 1. The van der Waals surface area contributed by atoms with Crippen molar-refractivity contribution in [3.63, 3.8) is 0 Å². The molecular formula is C26H26N2O4. The molecule has 0 bridgehead atoms. The third-order valence-electron chi connectivity index (χ3n) is 6.28. The van der Waals surface area contributed by atoms with Crippen molar-refractivity contribution in [2.24, 2.45) is 0 Å². The number of likely N-dealkylation sites (tertiary alicyclic amines) is 1. The molecule has 1 amide bonds. The molecule has 1 aliphatic heterocycles. The van der Waals surface area contributed by atoms with E-state index in [1.165, 1.54) is 0 Å². The molecule has 0 spiro atoms. The minimum Gasteiger partial charge on any atom is -0.465 e. The molecule has 3 heterocycles. The van der Waals surface area contributed by atoms with Gasteiger partial charge in [0.25, 0.3) is 5.91 Å². The van der Waals surface area contributed by atoms with E-state index in [4.69, 9.17) is 14.1 Å². The van der Waals surface area contributed by atoms with E-state index in [9.17, 15) is 9.59 Å². The van der Waals surface area contributed by atoms with Crippen LogP contribution < -0.4 is 0 Å². The number of aromatic nitrogens is 1. The largest absolute Gasteiger partial charge is 0.465 e. The van der Waals surface area contributed by atoms with Gasteiger partial charge in [0, 0.05) is 18.5 Å². The number of pyridine rings is 1. The second kappa shape index (κ2) is 8.61. The van der Waals surface area contributed by atoms with Gasteiger partial charge < -0.3 is 14.1 Å². The Morgan fingerprint density at radius 1 is 1.09 bits per heavy atom. The number of rotatable bonds is 4. The smallest absolute Gasteiger partial charge is 0.339 e. The van der Waals surface area contributed by atoms with Crippen LogP contribution in [0, 0.1) is 0 Å². The summed E-state index contributed by atoms with van der Waals surface area (Å²) in [6.07, 6.45) is 7.32. The van der Waals surface area contributed by atoms with Crippen LogP contribution in [0.25, 0.3) is 22.6 Å². The van der Waals surface area contributed by atoms with Crippen LogP contribution in [0.5, 0.6) is 0 Å². The minimum atomic E-state index is -0.815. The normalized spacial score (nSPS) is 18.0. The van der Waals surface area contributed by atoms with Crippen LogP contribution in [0.4, 0.5) is 0 Å². The van der Waals surface area contributed by atoms with Gasteiger partial charge in [0.2, 0.25) is 0 Å². The van der Waals surface area contributed by atoms with Gasteiger partial charge in [-0.2, -0.15) is 0 Å². The van der Waals surface area contributed by atoms with Crippen molar-refractivity contribution < 1.29 is 18.7 Å². The van der Waals surface area contributed by atoms with Crippen LogP contribution in [0.1, 0.15) is 60.0 Å². The maximum Gasteiger partial charge on any atom is 0.339 e. The van der Waals surface area contributed by atoms with E-state index in [1.807, 2.05) is 42.5 Å². The van der Waals surface area contributed by atoms with Gasteiger partial charge in [-0.1, -0.05) is 18.2 Å². The molecule has 1 fully saturated rings. The molecule has 3 aromatic rings. The quantitative estimate of drug-likeness (QED) is 0.552. The van der Waals surface area contributed by atoms with Crippen molar-refractivity contribution in [1.29, 1.82) is 0 Å². The third kappa shape index (κ3) is 3.81. The van der Waals surface area contributed by atoms with Gasteiger partial charge >= 0.3 is 5.97 Å². The highest BCUT2D eigenvalue weighted by Crippen LogP contribution is 2.36. The summed E-state index contributed by atoms with van der Waals surface area (Å²) in [6.45, 7) is 3.13. The SMILES string of the molecule is CC(OC(=O)c1c2c(nc3ccccc13)/C(=C\c1ccco1)CCC2)C(=O)N1CCCC1. The number of carbonyl (C=O) groups excluding carboxylic acids is 2. The summed E-state index contributed by atoms with van der Waals surface area (Å²) in [7, 11) is 0. The second-order valence-electron chi connectivity index (χ2n) is 8.45. The summed E-state index contributed by atoms with van der Waals surface area (Å²) in [5.74, 6) is 0.178. The van der Waals surface area contributed by atoms with Crippen LogP contribution in [0.2, 0.25) is 0 Å². The first kappa shape index (κ1) is 20.5. The Kier molecular flexibility index (Phi) is 5.52. The van der Waals surface area contributed by atoms with E-state index in [1.54, 1.807) is 18.1 Å². The highest BCUT2D eigenvalue weighted by atomic mass is 16.5. The molecular weight excluding hydrogens is 404 g/mol. The third-order valence-corrected chi connectivity index (χ3v) is 6.28. The zero-order valence-electron chi connectivity index (χ0n) is 18.2. The molecule has 6 nitrogen and oxygen atoms in total. The number of ether oxygens (including phenoxy) is 1. The number of amides is 1. The van der Waals surface area contributed by atoms with Gasteiger partial charge in [-0.3, -0.25) is 4.79 Å². The summed E-state index contributed by atoms with van der Waals surface area (Å²) < 4.78 is 11.2. The minimum absolute atomic E-state index is 0.124. The van der Waals surface area contributed by atoms with Crippen molar-refractivity contribution in [1.82, 2.24) is 9.88 Å². The fraction of sp³-hybridized carbons (Fsp3) is 0.346. The number of esters is 1. The van der Waals surface area contributed by atoms with Gasteiger partial charge in [0.15, 0.2) is 6.10 Å². The molecule has 1 aliphatic carbocycles. The Balaban J connectivity index is 1.55. The lowest BCUT2D eigenvalue weighted by Gasteiger charge is -2.24. The van der Waals surface area contributed by atoms with Crippen molar-refractivity contribution in [2.75, 3.05) is 13.1 Å². The van der Waals surface area contributed by atoms with Gasteiger partial charge in [0.05, 0.1) is 23.0 Å². The molecule has 1 saturated heterocycles. The van der Waals surface area contributed by atoms with Gasteiger partial charge in [0.1, 0.15) is 5.76 Å². The summed E-state index contributed by atoms with van der Waals surface area (Å²) in [6, 6.07) is 11.4. The van der Waals surface area contributed by atoms with E-state index in [0.717, 1.165) is 78.7 Å².